The molecular weight excluding hydrogens is 198 g/mol. The molecule has 2 N–H and O–H groups in total. The molecule has 0 aliphatic heterocycles. The van der Waals surface area contributed by atoms with Crippen LogP contribution in [-0.2, 0) is 0 Å². The number of hydrogen-bond acceptors (Lipinski definition) is 2. The molecule has 1 rings (SSSR count). The number of benzene rings is 1. The summed E-state index contributed by atoms with van der Waals surface area (Å²) in [6.07, 6.45) is 2.14. The van der Waals surface area contributed by atoms with Crippen molar-refractivity contribution in [3.05, 3.63) is 29.8 Å². The molecule has 1 aromatic carbocycles. The van der Waals surface area contributed by atoms with Crippen LogP contribution in [0.3, 0.4) is 0 Å². The molecule has 2 nitrogen and oxygen atoms in total. The van der Waals surface area contributed by atoms with E-state index in [-0.39, 0.29) is 11.6 Å². The molecule has 0 bridgehead atoms. The third-order valence-corrected chi connectivity index (χ3v) is 2.33. The highest BCUT2D eigenvalue weighted by molar-refractivity contribution is 5.29. The van der Waals surface area contributed by atoms with E-state index >= 15 is 0 Å². The van der Waals surface area contributed by atoms with Crippen molar-refractivity contribution in [2.24, 2.45) is 5.73 Å². The average molecular weight is 221 g/mol. The van der Waals surface area contributed by atoms with Crippen molar-refractivity contribution in [2.75, 3.05) is 0 Å². The summed E-state index contributed by atoms with van der Waals surface area (Å²) < 4.78 is 5.76. The van der Waals surface area contributed by atoms with Crippen LogP contribution < -0.4 is 10.5 Å². The van der Waals surface area contributed by atoms with Gasteiger partial charge < -0.3 is 10.5 Å². The Hall–Kier alpha value is -1.02. The number of rotatable bonds is 4. The molecule has 2 heteroatoms. The summed E-state index contributed by atoms with van der Waals surface area (Å²) in [5.41, 5.74) is 7.08. The first-order chi connectivity index (χ1) is 7.42. The SMILES string of the molecule is CCCC(N)c1ccc(OC(C)(C)C)cc1. The zero-order chi connectivity index (χ0) is 12.2. The minimum atomic E-state index is -0.146. The third-order valence-electron chi connectivity index (χ3n) is 2.33. The second-order valence-electron chi connectivity index (χ2n) is 5.18. The van der Waals surface area contributed by atoms with Gasteiger partial charge in [-0.3, -0.25) is 0 Å². The number of ether oxygens (including phenoxy) is 1. The van der Waals surface area contributed by atoms with Gasteiger partial charge in [0.05, 0.1) is 0 Å². The molecule has 0 aliphatic rings. The first kappa shape index (κ1) is 13.0. The Morgan fingerprint density at radius 2 is 1.75 bits per heavy atom. The molecule has 1 aromatic rings. The molecular formula is C14H23NO. The largest absolute Gasteiger partial charge is 0.488 e. The quantitative estimate of drug-likeness (QED) is 0.842. The van der Waals surface area contributed by atoms with E-state index in [1.807, 2.05) is 32.9 Å². The Labute approximate surface area is 98.8 Å². The summed E-state index contributed by atoms with van der Waals surface area (Å²) in [6, 6.07) is 8.25. The van der Waals surface area contributed by atoms with Crippen molar-refractivity contribution in [1.29, 1.82) is 0 Å². The van der Waals surface area contributed by atoms with E-state index in [2.05, 4.69) is 19.1 Å². The molecule has 0 fully saturated rings. The lowest BCUT2D eigenvalue weighted by atomic mass is 10.0. The summed E-state index contributed by atoms with van der Waals surface area (Å²) in [7, 11) is 0. The first-order valence-corrected chi connectivity index (χ1v) is 5.97. The van der Waals surface area contributed by atoms with E-state index in [1.54, 1.807) is 0 Å². The molecule has 0 aliphatic carbocycles. The maximum absolute atomic E-state index is 6.04. The summed E-state index contributed by atoms with van der Waals surface area (Å²) in [4.78, 5) is 0. The molecule has 0 heterocycles. The molecule has 0 aromatic heterocycles. The molecule has 0 spiro atoms. The lowest BCUT2D eigenvalue weighted by molar-refractivity contribution is 0.131. The molecule has 0 saturated heterocycles. The molecule has 1 unspecified atom stereocenters. The van der Waals surface area contributed by atoms with E-state index in [9.17, 15) is 0 Å². The molecule has 0 saturated carbocycles. The monoisotopic (exact) mass is 221 g/mol. The predicted molar refractivity (Wildman–Crippen MR) is 68.7 cm³/mol. The summed E-state index contributed by atoms with van der Waals surface area (Å²) >= 11 is 0. The van der Waals surface area contributed by atoms with Crippen LogP contribution in [0.25, 0.3) is 0 Å². The van der Waals surface area contributed by atoms with Crippen LogP contribution in [0.2, 0.25) is 0 Å². The molecule has 0 radical (unpaired) electrons. The molecule has 0 amide bonds. The fraction of sp³-hybridized carbons (Fsp3) is 0.571. The Bertz CT molecular complexity index is 311. The summed E-state index contributed by atoms with van der Waals surface area (Å²) in [5.74, 6) is 0.903. The van der Waals surface area contributed by atoms with Crippen LogP contribution in [0.15, 0.2) is 24.3 Å². The van der Waals surface area contributed by atoms with Crippen LogP contribution in [0.5, 0.6) is 5.75 Å². The third kappa shape index (κ3) is 4.23. The summed E-state index contributed by atoms with van der Waals surface area (Å²) in [5, 5.41) is 0. The van der Waals surface area contributed by atoms with Gasteiger partial charge >= 0.3 is 0 Å². The average Bonchev–Trinajstić information content (AvgIpc) is 2.16. The second-order valence-corrected chi connectivity index (χ2v) is 5.18. The second kappa shape index (κ2) is 5.35. The molecule has 1 atom stereocenters. The van der Waals surface area contributed by atoms with Crippen LogP contribution in [-0.4, -0.2) is 5.60 Å². The first-order valence-electron chi connectivity index (χ1n) is 5.97. The number of nitrogens with two attached hydrogens (primary N) is 1. The van der Waals surface area contributed by atoms with Gasteiger partial charge in [-0.05, 0) is 44.9 Å². The van der Waals surface area contributed by atoms with Crippen LogP contribution in [0.1, 0.15) is 52.1 Å². The fourth-order valence-corrected chi connectivity index (χ4v) is 1.61. The van der Waals surface area contributed by atoms with E-state index in [1.165, 1.54) is 5.56 Å². The van der Waals surface area contributed by atoms with Crippen molar-refractivity contribution >= 4 is 0 Å². The van der Waals surface area contributed by atoms with Gasteiger partial charge in [0, 0.05) is 6.04 Å². The van der Waals surface area contributed by atoms with E-state index < -0.39 is 0 Å². The maximum Gasteiger partial charge on any atom is 0.120 e. The van der Waals surface area contributed by atoms with Crippen LogP contribution >= 0.6 is 0 Å². The highest BCUT2D eigenvalue weighted by Crippen LogP contribution is 2.22. The van der Waals surface area contributed by atoms with E-state index in [0.29, 0.717) is 0 Å². The highest BCUT2D eigenvalue weighted by atomic mass is 16.5. The van der Waals surface area contributed by atoms with Crippen molar-refractivity contribution in [1.82, 2.24) is 0 Å². The van der Waals surface area contributed by atoms with Gasteiger partial charge in [0.1, 0.15) is 11.4 Å². The van der Waals surface area contributed by atoms with Crippen LogP contribution in [0.4, 0.5) is 0 Å². The van der Waals surface area contributed by atoms with Crippen molar-refractivity contribution < 1.29 is 4.74 Å². The van der Waals surface area contributed by atoms with Crippen molar-refractivity contribution in [3.8, 4) is 5.75 Å². The molecule has 16 heavy (non-hydrogen) atoms. The standard InChI is InChI=1S/C14H23NO/c1-5-6-13(15)11-7-9-12(10-8-11)16-14(2,3)4/h7-10,13H,5-6,15H2,1-4H3. The zero-order valence-corrected chi connectivity index (χ0v) is 10.8. The van der Waals surface area contributed by atoms with Crippen LogP contribution in [0, 0.1) is 0 Å². The van der Waals surface area contributed by atoms with Gasteiger partial charge in [-0.1, -0.05) is 25.5 Å². The minimum absolute atomic E-state index is 0.146. The smallest absolute Gasteiger partial charge is 0.120 e. The molecule has 90 valence electrons. The normalized spacial score (nSPS) is 13.6. The minimum Gasteiger partial charge on any atom is -0.488 e. The van der Waals surface area contributed by atoms with Gasteiger partial charge in [-0.15, -0.1) is 0 Å². The lowest BCUT2D eigenvalue weighted by Gasteiger charge is -2.21. The fourth-order valence-electron chi connectivity index (χ4n) is 1.61. The van der Waals surface area contributed by atoms with Crippen molar-refractivity contribution in [3.63, 3.8) is 0 Å². The van der Waals surface area contributed by atoms with Gasteiger partial charge in [0.15, 0.2) is 0 Å². The maximum atomic E-state index is 6.04. The van der Waals surface area contributed by atoms with E-state index in [0.717, 1.165) is 18.6 Å². The number of hydrogen-bond donors (Lipinski definition) is 1. The van der Waals surface area contributed by atoms with Crippen molar-refractivity contribution in [2.45, 2.75) is 52.2 Å². The Balaban J connectivity index is 2.68. The van der Waals surface area contributed by atoms with Gasteiger partial charge in [0.25, 0.3) is 0 Å². The van der Waals surface area contributed by atoms with E-state index in [4.69, 9.17) is 10.5 Å². The Morgan fingerprint density at radius 1 is 1.19 bits per heavy atom. The van der Waals surface area contributed by atoms with Gasteiger partial charge in [-0.25, -0.2) is 0 Å². The lowest BCUT2D eigenvalue weighted by Crippen LogP contribution is -2.22. The Kier molecular flexibility index (Phi) is 4.36. The highest BCUT2D eigenvalue weighted by Gasteiger charge is 2.12. The van der Waals surface area contributed by atoms with Gasteiger partial charge in [0.2, 0.25) is 0 Å². The zero-order valence-electron chi connectivity index (χ0n) is 10.8. The summed E-state index contributed by atoms with van der Waals surface area (Å²) in [6.45, 7) is 8.29. The predicted octanol–water partition coefficient (Wildman–Crippen LogP) is 3.66. The van der Waals surface area contributed by atoms with Gasteiger partial charge in [-0.2, -0.15) is 0 Å². The topological polar surface area (TPSA) is 35.2 Å². The Morgan fingerprint density at radius 3 is 2.19 bits per heavy atom.